The predicted molar refractivity (Wildman–Crippen MR) is 95.4 cm³/mol. The molecule has 0 aliphatic carbocycles. The minimum atomic E-state index is -3.54. The summed E-state index contributed by atoms with van der Waals surface area (Å²) in [6.07, 6.45) is 0.747. The van der Waals surface area contributed by atoms with Crippen molar-refractivity contribution in [3.63, 3.8) is 0 Å². The molecule has 3 rings (SSSR count). The lowest BCUT2D eigenvalue weighted by atomic mass is 10.0. The third-order valence-electron chi connectivity index (χ3n) is 4.33. The molecule has 0 saturated heterocycles. The van der Waals surface area contributed by atoms with Crippen molar-refractivity contribution in [1.29, 1.82) is 0 Å². The molecular formula is C18H23N3O2S. The van der Waals surface area contributed by atoms with Gasteiger partial charge in [0.2, 0.25) is 0 Å². The lowest BCUT2D eigenvalue weighted by Crippen LogP contribution is -2.47. The first kappa shape index (κ1) is 17.1. The van der Waals surface area contributed by atoms with Crippen LogP contribution in [-0.2, 0) is 29.7 Å². The summed E-state index contributed by atoms with van der Waals surface area (Å²) in [6, 6.07) is 17.7. The molecule has 128 valence electrons. The van der Waals surface area contributed by atoms with Gasteiger partial charge in [0, 0.05) is 32.7 Å². The summed E-state index contributed by atoms with van der Waals surface area (Å²) in [5, 5.41) is 0. The molecule has 5 nitrogen and oxygen atoms in total. The van der Waals surface area contributed by atoms with Gasteiger partial charge in [0.15, 0.2) is 0 Å². The highest BCUT2D eigenvalue weighted by Crippen LogP contribution is 2.23. The van der Waals surface area contributed by atoms with Crippen LogP contribution in [-0.4, -0.2) is 36.7 Å². The van der Waals surface area contributed by atoms with Crippen molar-refractivity contribution < 1.29 is 8.42 Å². The Bertz CT molecular complexity index is 778. The maximum Gasteiger partial charge on any atom is 0.282 e. The standard InChI is InChI=1S/C18H23N3O2S/c19-11-13-21(14-16-6-2-1-3-7-16)24(22,23)20-12-10-17-8-4-5-9-18(17)15-20/h1-9H,10-15,19H2. The van der Waals surface area contributed by atoms with Gasteiger partial charge in [-0.1, -0.05) is 54.6 Å². The molecule has 1 aliphatic rings. The summed E-state index contributed by atoms with van der Waals surface area (Å²) >= 11 is 0. The average Bonchev–Trinajstić information content (AvgIpc) is 2.62. The molecule has 0 bridgehead atoms. The van der Waals surface area contributed by atoms with Crippen molar-refractivity contribution in [2.75, 3.05) is 19.6 Å². The quantitative estimate of drug-likeness (QED) is 0.867. The summed E-state index contributed by atoms with van der Waals surface area (Å²) in [7, 11) is -3.54. The van der Waals surface area contributed by atoms with Gasteiger partial charge in [-0.2, -0.15) is 17.0 Å². The van der Waals surface area contributed by atoms with E-state index < -0.39 is 10.2 Å². The fourth-order valence-electron chi connectivity index (χ4n) is 3.04. The van der Waals surface area contributed by atoms with E-state index in [4.69, 9.17) is 5.73 Å². The molecule has 0 saturated carbocycles. The number of benzene rings is 2. The Morgan fingerprint density at radius 3 is 2.38 bits per heavy atom. The minimum absolute atomic E-state index is 0.302. The number of rotatable bonds is 6. The lowest BCUT2D eigenvalue weighted by molar-refractivity contribution is 0.323. The second-order valence-electron chi connectivity index (χ2n) is 5.97. The van der Waals surface area contributed by atoms with Crippen LogP contribution in [0.15, 0.2) is 54.6 Å². The monoisotopic (exact) mass is 345 g/mol. The van der Waals surface area contributed by atoms with Gasteiger partial charge in [0.05, 0.1) is 0 Å². The molecule has 0 fully saturated rings. The van der Waals surface area contributed by atoms with Gasteiger partial charge in [-0.05, 0) is 23.1 Å². The van der Waals surface area contributed by atoms with E-state index >= 15 is 0 Å². The Morgan fingerprint density at radius 2 is 1.67 bits per heavy atom. The second kappa shape index (κ2) is 7.44. The SMILES string of the molecule is NCCN(Cc1ccccc1)S(=O)(=O)N1CCc2ccccc2C1. The number of nitrogens with zero attached hydrogens (tertiary/aromatic N) is 2. The summed E-state index contributed by atoms with van der Waals surface area (Å²) < 4.78 is 29.2. The Balaban J connectivity index is 1.81. The zero-order valence-corrected chi connectivity index (χ0v) is 14.5. The Labute approximate surface area is 143 Å². The fourth-order valence-corrected chi connectivity index (χ4v) is 4.64. The maximum absolute atomic E-state index is 13.1. The third kappa shape index (κ3) is 3.67. The minimum Gasteiger partial charge on any atom is -0.329 e. The number of fused-ring (bicyclic) bond motifs is 1. The van der Waals surface area contributed by atoms with Crippen molar-refractivity contribution in [2.24, 2.45) is 5.73 Å². The molecule has 2 aromatic carbocycles. The van der Waals surface area contributed by atoms with Gasteiger partial charge < -0.3 is 5.73 Å². The molecule has 1 heterocycles. The van der Waals surface area contributed by atoms with Crippen molar-refractivity contribution in [3.8, 4) is 0 Å². The van der Waals surface area contributed by atoms with Crippen molar-refractivity contribution in [3.05, 3.63) is 71.3 Å². The molecule has 2 aromatic rings. The molecule has 0 spiro atoms. The van der Waals surface area contributed by atoms with E-state index in [2.05, 4.69) is 6.07 Å². The van der Waals surface area contributed by atoms with Gasteiger partial charge in [-0.15, -0.1) is 0 Å². The highest BCUT2D eigenvalue weighted by atomic mass is 32.2. The van der Waals surface area contributed by atoms with E-state index in [0.717, 1.165) is 17.5 Å². The molecule has 24 heavy (non-hydrogen) atoms. The van der Waals surface area contributed by atoms with Crippen LogP contribution in [0, 0.1) is 0 Å². The number of hydrogen-bond donors (Lipinski definition) is 1. The second-order valence-corrected chi connectivity index (χ2v) is 7.90. The van der Waals surface area contributed by atoms with Crippen molar-refractivity contribution >= 4 is 10.2 Å². The molecule has 0 unspecified atom stereocenters. The first-order valence-corrected chi connectivity index (χ1v) is 9.57. The van der Waals surface area contributed by atoms with Gasteiger partial charge >= 0.3 is 0 Å². The van der Waals surface area contributed by atoms with Crippen LogP contribution in [0.2, 0.25) is 0 Å². The van der Waals surface area contributed by atoms with E-state index in [1.54, 1.807) is 4.31 Å². The van der Waals surface area contributed by atoms with E-state index in [1.807, 2.05) is 48.5 Å². The van der Waals surface area contributed by atoms with Crippen LogP contribution in [0.1, 0.15) is 16.7 Å². The summed E-state index contributed by atoms with van der Waals surface area (Å²) in [5.74, 6) is 0. The highest BCUT2D eigenvalue weighted by molar-refractivity contribution is 7.86. The highest BCUT2D eigenvalue weighted by Gasteiger charge is 2.31. The van der Waals surface area contributed by atoms with E-state index in [0.29, 0.717) is 32.7 Å². The molecular weight excluding hydrogens is 322 g/mol. The molecule has 6 heteroatoms. The summed E-state index contributed by atoms with van der Waals surface area (Å²) in [5.41, 5.74) is 8.94. The van der Waals surface area contributed by atoms with Crippen LogP contribution in [0.3, 0.4) is 0 Å². The van der Waals surface area contributed by atoms with Crippen molar-refractivity contribution in [2.45, 2.75) is 19.5 Å². The Hall–Kier alpha value is -1.73. The molecule has 0 radical (unpaired) electrons. The van der Waals surface area contributed by atoms with Gasteiger partial charge in [-0.3, -0.25) is 0 Å². The van der Waals surface area contributed by atoms with E-state index in [-0.39, 0.29) is 0 Å². The Morgan fingerprint density at radius 1 is 1.00 bits per heavy atom. The number of nitrogens with two attached hydrogens (primary N) is 1. The zero-order chi connectivity index (χ0) is 17.0. The van der Waals surface area contributed by atoms with Crippen molar-refractivity contribution in [1.82, 2.24) is 8.61 Å². The largest absolute Gasteiger partial charge is 0.329 e. The van der Waals surface area contributed by atoms with Gasteiger partial charge in [-0.25, -0.2) is 0 Å². The molecule has 1 aliphatic heterocycles. The van der Waals surface area contributed by atoms with Crippen LogP contribution in [0.25, 0.3) is 0 Å². The zero-order valence-electron chi connectivity index (χ0n) is 13.6. The average molecular weight is 345 g/mol. The van der Waals surface area contributed by atoms with E-state index in [9.17, 15) is 8.42 Å². The smallest absolute Gasteiger partial charge is 0.282 e. The third-order valence-corrected chi connectivity index (χ3v) is 6.26. The lowest BCUT2D eigenvalue weighted by Gasteiger charge is -2.33. The van der Waals surface area contributed by atoms with Crippen LogP contribution >= 0.6 is 0 Å². The molecule has 0 aromatic heterocycles. The first-order chi connectivity index (χ1) is 11.6. The Kier molecular flexibility index (Phi) is 5.30. The first-order valence-electron chi connectivity index (χ1n) is 8.17. The van der Waals surface area contributed by atoms with E-state index in [1.165, 1.54) is 9.87 Å². The van der Waals surface area contributed by atoms with Crippen LogP contribution in [0.4, 0.5) is 0 Å². The van der Waals surface area contributed by atoms with Gasteiger partial charge in [0.1, 0.15) is 0 Å². The molecule has 0 amide bonds. The maximum atomic E-state index is 13.1. The number of hydrogen-bond acceptors (Lipinski definition) is 3. The topological polar surface area (TPSA) is 66.6 Å². The van der Waals surface area contributed by atoms with Crippen LogP contribution < -0.4 is 5.73 Å². The predicted octanol–water partition coefficient (Wildman–Crippen LogP) is 1.75. The fraction of sp³-hybridized carbons (Fsp3) is 0.333. The normalized spacial score (nSPS) is 15.4. The molecule has 0 atom stereocenters. The summed E-state index contributed by atoms with van der Waals surface area (Å²) in [4.78, 5) is 0. The van der Waals surface area contributed by atoms with Crippen LogP contribution in [0.5, 0.6) is 0 Å². The van der Waals surface area contributed by atoms with Gasteiger partial charge in [0.25, 0.3) is 10.2 Å². The molecule has 2 N–H and O–H groups in total. The summed E-state index contributed by atoms with van der Waals surface area (Å²) in [6.45, 7) is 1.90.